The Bertz CT molecular complexity index is 315. The summed E-state index contributed by atoms with van der Waals surface area (Å²) in [6.07, 6.45) is 0. The van der Waals surface area contributed by atoms with Gasteiger partial charge in [-0.25, -0.2) is 4.98 Å². The minimum absolute atomic E-state index is 0.0574. The molecule has 0 amide bonds. The third kappa shape index (κ3) is 5.70. The van der Waals surface area contributed by atoms with Gasteiger partial charge in [0.1, 0.15) is 0 Å². The van der Waals surface area contributed by atoms with Gasteiger partial charge in [-0.3, -0.25) is 0 Å². The molecule has 0 atom stereocenters. The van der Waals surface area contributed by atoms with Gasteiger partial charge in [0, 0.05) is 17.1 Å². The molecule has 1 N–H and O–H groups in total. The monoisotopic (exact) mass is 259 g/mol. The second-order valence-corrected chi connectivity index (χ2v) is 7.08. The van der Waals surface area contributed by atoms with E-state index >= 15 is 0 Å². The van der Waals surface area contributed by atoms with E-state index in [1.807, 2.05) is 11.8 Å². The first-order chi connectivity index (χ1) is 7.37. The molecule has 5 heteroatoms. The minimum Gasteiger partial charge on any atom is -0.356 e. The molecule has 1 aromatic heterocycles. The van der Waals surface area contributed by atoms with Crippen molar-refractivity contribution in [3.8, 4) is 0 Å². The Morgan fingerprint density at radius 3 is 2.62 bits per heavy atom. The van der Waals surface area contributed by atoms with Gasteiger partial charge in [0.25, 0.3) is 0 Å². The largest absolute Gasteiger partial charge is 0.356 e. The van der Waals surface area contributed by atoms with Crippen molar-refractivity contribution in [3.63, 3.8) is 0 Å². The van der Waals surface area contributed by atoms with Gasteiger partial charge in [-0.15, -0.1) is 0 Å². The number of nitrogens with one attached hydrogen (secondary N) is 1. The number of nitrogens with zero attached hydrogens (tertiary/aromatic N) is 2. The van der Waals surface area contributed by atoms with Gasteiger partial charge in [0.2, 0.25) is 5.13 Å². The Hall–Kier alpha value is -0.290. The van der Waals surface area contributed by atoms with E-state index in [0.29, 0.717) is 0 Å². The first kappa shape index (κ1) is 13.8. The van der Waals surface area contributed by atoms with Crippen LogP contribution in [0, 0.1) is 5.92 Å². The molecular formula is C11H21N3S2. The highest BCUT2D eigenvalue weighted by molar-refractivity contribution is 7.98. The molecule has 0 unspecified atom stereocenters. The zero-order valence-corrected chi connectivity index (χ0v) is 12.3. The summed E-state index contributed by atoms with van der Waals surface area (Å²) in [5.74, 6) is 3.76. The third-order valence-corrected chi connectivity index (χ3v) is 3.67. The van der Waals surface area contributed by atoms with Crippen LogP contribution in [0.4, 0.5) is 5.13 Å². The number of aromatic nitrogens is 2. The zero-order chi connectivity index (χ0) is 12.2. The van der Waals surface area contributed by atoms with Crippen molar-refractivity contribution in [2.24, 2.45) is 5.92 Å². The predicted molar refractivity (Wildman–Crippen MR) is 74.3 cm³/mol. The standard InChI is InChI=1S/C11H21N3S2/c1-8(2)6-15-7-9-12-10(16-14-9)13-11(3,4)5/h8H,6-7H2,1-5H3,(H,12,13,14). The molecular weight excluding hydrogens is 238 g/mol. The average molecular weight is 259 g/mol. The molecule has 0 saturated carbocycles. The molecule has 0 spiro atoms. The molecule has 0 aliphatic heterocycles. The van der Waals surface area contributed by atoms with Crippen molar-refractivity contribution in [1.29, 1.82) is 0 Å². The van der Waals surface area contributed by atoms with Crippen LogP contribution < -0.4 is 5.32 Å². The van der Waals surface area contributed by atoms with Crippen LogP contribution in [0.5, 0.6) is 0 Å². The van der Waals surface area contributed by atoms with Crippen molar-refractivity contribution in [2.45, 2.75) is 45.9 Å². The molecule has 3 nitrogen and oxygen atoms in total. The second-order valence-electron chi connectivity index (χ2n) is 5.30. The van der Waals surface area contributed by atoms with Gasteiger partial charge in [-0.2, -0.15) is 16.1 Å². The summed E-state index contributed by atoms with van der Waals surface area (Å²) in [5.41, 5.74) is 0.0574. The summed E-state index contributed by atoms with van der Waals surface area (Å²) in [7, 11) is 0. The SMILES string of the molecule is CC(C)CSCc1nsc(NC(C)(C)C)n1. The van der Waals surface area contributed by atoms with Crippen LogP contribution in [0.15, 0.2) is 0 Å². The summed E-state index contributed by atoms with van der Waals surface area (Å²) in [6.45, 7) is 10.8. The average Bonchev–Trinajstić information content (AvgIpc) is 2.48. The van der Waals surface area contributed by atoms with E-state index in [1.165, 1.54) is 17.3 Å². The number of thioether (sulfide) groups is 1. The molecule has 1 aromatic rings. The molecule has 0 fully saturated rings. The smallest absolute Gasteiger partial charge is 0.203 e. The zero-order valence-electron chi connectivity index (χ0n) is 10.7. The van der Waals surface area contributed by atoms with Gasteiger partial charge in [0.15, 0.2) is 5.82 Å². The van der Waals surface area contributed by atoms with Crippen molar-refractivity contribution in [2.75, 3.05) is 11.1 Å². The Morgan fingerprint density at radius 1 is 1.38 bits per heavy atom. The highest BCUT2D eigenvalue weighted by Gasteiger charge is 2.12. The minimum atomic E-state index is 0.0574. The fraction of sp³-hybridized carbons (Fsp3) is 0.818. The molecule has 92 valence electrons. The fourth-order valence-electron chi connectivity index (χ4n) is 1.07. The lowest BCUT2D eigenvalue weighted by Crippen LogP contribution is -2.25. The van der Waals surface area contributed by atoms with Crippen LogP contribution in [0.25, 0.3) is 0 Å². The van der Waals surface area contributed by atoms with E-state index in [0.717, 1.165) is 22.6 Å². The van der Waals surface area contributed by atoms with Crippen molar-refractivity contribution < 1.29 is 0 Å². The van der Waals surface area contributed by atoms with Gasteiger partial charge in [-0.05, 0) is 32.4 Å². The maximum absolute atomic E-state index is 4.47. The Morgan fingerprint density at radius 2 is 2.06 bits per heavy atom. The van der Waals surface area contributed by atoms with Crippen molar-refractivity contribution >= 4 is 28.4 Å². The Balaban J connectivity index is 2.40. The van der Waals surface area contributed by atoms with Crippen LogP contribution in [0.3, 0.4) is 0 Å². The summed E-state index contributed by atoms with van der Waals surface area (Å²) in [6, 6.07) is 0. The molecule has 16 heavy (non-hydrogen) atoms. The number of hydrogen-bond acceptors (Lipinski definition) is 5. The topological polar surface area (TPSA) is 37.8 Å². The van der Waals surface area contributed by atoms with Crippen LogP contribution in [-0.4, -0.2) is 20.6 Å². The predicted octanol–water partition coefficient (Wildman–Crippen LogP) is 3.64. The van der Waals surface area contributed by atoms with Crippen LogP contribution >= 0.6 is 23.3 Å². The lowest BCUT2D eigenvalue weighted by molar-refractivity contribution is 0.633. The van der Waals surface area contributed by atoms with Crippen LogP contribution in [0.1, 0.15) is 40.4 Å². The van der Waals surface area contributed by atoms with E-state index in [1.54, 1.807) is 0 Å². The molecule has 0 aromatic carbocycles. The van der Waals surface area contributed by atoms with Gasteiger partial charge in [0.05, 0.1) is 5.75 Å². The van der Waals surface area contributed by atoms with Gasteiger partial charge < -0.3 is 5.32 Å². The third-order valence-electron chi connectivity index (χ3n) is 1.63. The summed E-state index contributed by atoms with van der Waals surface area (Å²) < 4.78 is 4.34. The second kappa shape index (κ2) is 5.87. The van der Waals surface area contributed by atoms with E-state index < -0.39 is 0 Å². The lowest BCUT2D eigenvalue weighted by Gasteiger charge is -2.18. The molecule has 1 rings (SSSR count). The Labute approximate surface area is 107 Å². The summed E-state index contributed by atoms with van der Waals surface area (Å²) >= 11 is 3.35. The van der Waals surface area contributed by atoms with E-state index in [9.17, 15) is 0 Å². The van der Waals surface area contributed by atoms with E-state index in [2.05, 4.69) is 49.3 Å². The highest BCUT2D eigenvalue weighted by atomic mass is 32.2. The fourth-order valence-corrected chi connectivity index (χ4v) is 2.85. The molecule has 0 saturated heterocycles. The highest BCUT2D eigenvalue weighted by Crippen LogP contribution is 2.20. The van der Waals surface area contributed by atoms with Crippen LogP contribution in [-0.2, 0) is 5.75 Å². The van der Waals surface area contributed by atoms with E-state index in [-0.39, 0.29) is 5.54 Å². The van der Waals surface area contributed by atoms with E-state index in [4.69, 9.17) is 0 Å². The van der Waals surface area contributed by atoms with Crippen molar-refractivity contribution in [3.05, 3.63) is 5.82 Å². The first-order valence-corrected chi connectivity index (χ1v) is 7.48. The summed E-state index contributed by atoms with van der Waals surface area (Å²) in [4.78, 5) is 4.47. The Kier molecular flexibility index (Phi) is 5.05. The maximum Gasteiger partial charge on any atom is 0.203 e. The van der Waals surface area contributed by atoms with Crippen molar-refractivity contribution in [1.82, 2.24) is 9.36 Å². The molecule has 1 heterocycles. The molecule has 0 bridgehead atoms. The molecule has 0 aliphatic carbocycles. The summed E-state index contributed by atoms with van der Waals surface area (Å²) in [5, 5.41) is 4.26. The normalized spacial score (nSPS) is 12.1. The van der Waals surface area contributed by atoms with Gasteiger partial charge in [-0.1, -0.05) is 13.8 Å². The van der Waals surface area contributed by atoms with Gasteiger partial charge >= 0.3 is 0 Å². The van der Waals surface area contributed by atoms with Crippen LogP contribution in [0.2, 0.25) is 0 Å². The first-order valence-electron chi connectivity index (χ1n) is 5.55. The lowest BCUT2D eigenvalue weighted by atomic mass is 10.1. The number of rotatable bonds is 5. The molecule has 0 aliphatic rings. The number of hydrogen-bond donors (Lipinski definition) is 1. The molecule has 0 radical (unpaired) electrons. The maximum atomic E-state index is 4.47. The quantitative estimate of drug-likeness (QED) is 0.876. The number of anilines is 1.